The second-order valence-corrected chi connectivity index (χ2v) is 9.56. The van der Waals surface area contributed by atoms with Crippen LogP contribution in [0, 0.1) is 11.8 Å². The van der Waals surface area contributed by atoms with Crippen LogP contribution < -0.4 is 15.8 Å². The predicted octanol–water partition coefficient (Wildman–Crippen LogP) is 2.77. The fourth-order valence-electron chi connectivity index (χ4n) is 6.21. The van der Waals surface area contributed by atoms with Gasteiger partial charge in [-0.15, -0.1) is 0 Å². The Morgan fingerprint density at radius 3 is 2.69 bits per heavy atom. The lowest BCUT2D eigenvalue weighted by molar-refractivity contribution is -0.178. The first-order valence-corrected chi connectivity index (χ1v) is 11.5. The Morgan fingerprint density at radius 2 is 1.94 bits per heavy atom. The number of anilines is 1. The minimum atomic E-state index is -4.43. The van der Waals surface area contributed by atoms with Gasteiger partial charge in [0.25, 0.3) is 0 Å². The number of aromatic nitrogens is 1. The van der Waals surface area contributed by atoms with Crippen molar-refractivity contribution < 1.29 is 22.4 Å². The molecule has 3 saturated heterocycles. The number of amides is 1. The molecular weight excluding hydrogens is 426 g/mol. The van der Waals surface area contributed by atoms with E-state index in [0.717, 1.165) is 29.1 Å². The number of fused-ring (bicyclic) bond motifs is 3. The number of nitrogens with zero attached hydrogens (tertiary/aromatic N) is 3. The largest absolute Gasteiger partial charge is 0.406 e. The molecule has 5 unspecified atom stereocenters. The van der Waals surface area contributed by atoms with E-state index in [0.29, 0.717) is 38.9 Å². The maximum Gasteiger partial charge on any atom is 0.406 e. The molecule has 0 radical (unpaired) electrons. The summed E-state index contributed by atoms with van der Waals surface area (Å²) in [5.41, 5.74) is 7.14. The van der Waals surface area contributed by atoms with E-state index >= 15 is 0 Å². The fraction of sp³-hybridized carbons (Fsp3) is 0.727. The van der Waals surface area contributed by atoms with Crippen LogP contribution in [-0.4, -0.2) is 66.4 Å². The van der Waals surface area contributed by atoms with Gasteiger partial charge in [-0.1, -0.05) is 6.07 Å². The summed E-state index contributed by atoms with van der Waals surface area (Å²) in [7, 11) is 0. The molecule has 6 nitrogen and oxygen atoms in total. The van der Waals surface area contributed by atoms with Crippen LogP contribution in [0.1, 0.15) is 43.6 Å². The quantitative estimate of drug-likeness (QED) is 0.687. The summed E-state index contributed by atoms with van der Waals surface area (Å²) < 4.78 is 53.9. The van der Waals surface area contributed by atoms with Crippen LogP contribution in [0.25, 0.3) is 0 Å². The summed E-state index contributed by atoms with van der Waals surface area (Å²) in [5.74, 6) is -0.0636. The van der Waals surface area contributed by atoms with Crippen molar-refractivity contribution in [1.82, 2.24) is 20.7 Å². The van der Waals surface area contributed by atoms with Crippen LogP contribution >= 0.6 is 0 Å². The van der Waals surface area contributed by atoms with E-state index in [4.69, 9.17) is 0 Å². The summed E-state index contributed by atoms with van der Waals surface area (Å²) in [6.45, 7) is 0.332. The first-order valence-electron chi connectivity index (χ1n) is 11.5. The molecular formula is C22H29F4N5O. The number of carbonyl (C=O) groups excluding carboxylic acids is 1. The van der Waals surface area contributed by atoms with Crippen LogP contribution in [0.2, 0.25) is 0 Å². The highest BCUT2D eigenvalue weighted by atomic mass is 19.4. The lowest BCUT2D eigenvalue weighted by Crippen LogP contribution is -2.63. The van der Waals surface area contributed by atoms with E-state index in [2.05, 4.69) is 20.7 Å². The number of hydrogen-bond acceptors (Lipinski definition) is 5. The van der Waals surface area contributed by atoms with E-state index in [9.17, 15) is 22.4 Å². The van der Waals surface area contributed by atoms with Crippen molar-refractivity contribution in [3.8, 4) is 0 Å². The fourth-order valence-corrected chi connectivity index (χ4v) is 6.21. The van der Waals surface area contributed by atoms with Crippen molar-refractivity contribution in [1.29, 1.82) is 0 Å². The maximum absolute atomic E-state index is 13.6. The maximum atomic E-state index is 13.6. The van der Waals surface area contributed by atoms with E-state index in [1.54, 1.807) is 6.20 Å². The molecule has 5 atom stereocenters. The third kappa shape index (κ3) is 4.07. The van der Waals surface area contributed by atoms with Crippen LogP contribution in [0.15, 0.2) is 18.3 Å². The number of nitrogens with one attached hydrogen (secondary N) is 2. The van der Waals surface area contributed by atoms with Crippen LogP contribution in [0.3, 0.4) is 0 Å². The summed E-state index contributed by atoms with van der Waals surface area (Å²) in [5, 5.41) is 0. The molecule has 1 saturated carbocycles. The Labute approximate surface area is 184 Å². The number of hydrogen-bond donors (Lipinski definition) is 2. The molecule has 0 bridgehead atoms. The molecule has 1 aliphatic carbocycles. The van der Waals surface area contributed by atoms with Crippen LogP contribution in [-0.2, 0) is 4.79 Å². The van der Waals surface area contributed by atoms with Crippen molar-refractivity contribution in [3.05, 3.63) is 23.9 Å². The van der Waals surface area contributed by atoms with Crippen molar-refractivity contribution in [2.75, 3.05) is 31.1 Å². The van der Waals surface area contributed by atoms with Gasteiger partial charge in [-0.05, 0) is 55.6 Å². The van der Waals surface area contributed by atoms with Gasteiger partial charge in [-0.3, -0.25) is 15.6 Å². The van der Waals surface area contributed by atoms with Crippen LogP contribution in [0.4, 0.5) is 23.4 Å². The highest BCUT2D eigenvalue weighted by Gasteiger charge is 2.54. The number of halogens is 4. The van der Waals surface area contributed by atoms with Gasteiger partial charge in [-0.25, -0.2) is 9.37 Å². The summed E-state index contributed by atoms with van der Waals surface area (Å²) in [6, 6.07) is 3.24. The molecule has 32 heavy (non-hydrogen) atoms. The molecule has 0 spiro atoms. The Hall–Kier alpha value is -1.94. The van der Waals surface area contributed by atoms with Crippen molar-refractivity contribution in [2.24, 2.45) is 11.8 Å². The topological polar surface area (TPSA) is 60.5 Å². The van der Waals surface area contributed by atoms with Gasteiger partial charge in [0.2, 0.25) is 5.91 Å². The standard InChI is InChI=1S/C22H29F4N5O/c23-14-5-8-30(9-6-14)20-15(2-1-7-27-20)13-3-4-16-18(10-13)31(12-22(24,25)26)21(32)17-11-28-29-19(16)17/h1-2,7,13-14,16-19,28-29H,3-6,8-12H2. The average molecular weight is 456 g/mol. The van der Waals surface area contributed by atoms with Gasteiger partial charge in [0.15, 0.2) is 0 Å². The van der Waals surface area contributed by atoms with Gasteiger partial charge in [-0.2, -0.15) is 13.2 Å². The Morgan fingerprint density at radius 1 is 1.16 bits per heavy atom. The zero-order valence-corrected chi connectivity index (χ0v) is 17.8. The van der Waals surface area contributed by atoms with Gasteiger partial charge < -0.3 is 9.80 Å². The highest BCUT2D eigenvalue weighted by Crippen LogP contribution is 2.46. The molecule has 2 N–H and O–H groups in total. The minimum absolute atomic E-state index is 0.0116. The minimum Gasteiger partial charge on any atom is -0.356 e. The highest BCUT2D eigenvalue weighted by molar-refractivity contribution is 5.82. The monoisotopic (exact) mass is 455 g/mol. The van der Waals surface area contributed by atoms with Gasteiger partial charge >= 0.3 is 6.18 Å². The van der Waals surface area contributed by atoms with Gasteiger partial charge in [0.05, 0.1) is 5.92 Å². The van der Waals surface area contributed by atoms with Gasteiger partial charge in [0, 0.05) is 37.9 Å². The molecule has 0 aromatic carbocycles. The number of likely N-dealkylation sites (tertiary alicyclic amines) is 1. The summed E-state index contributed by atoms with van der Waals surface area (Å²) >= 11 is 0. The Kier molecular flexibility index (Phi) is 5.77. The lowest BCUT2D eigenvalue weighted by atomic mass is 9.67. The SMILES string of the molecule is O=C1C2CNNC2C2CCC(c3cccnc3N3CCC(F)CC3)CC2N1CC(F)(F)F. The summed E-state index contributed by atoms with van der Waals surface area (Å²) in [4.78, 5) is 20.8. The van der Waals surface area contributed by atoms with Crippen molar-refractivity contribution in [2.45, 2.75) is 62.5 Å². The molecule has 1 aromatic rings. The third-order valence-corrected chi connectivity index (χ3v) is 7.69. The van der Waals surface area contributed by atoms with E-state index in [1.165, 1.54) is 0 Å². The zero-order valence-electron chi connectivity index (χ0n) is 17.8. The number of alkyl halides is 4. The molecule has 4 fully saturated rings. The summed E-state index contributed by atoms with van der Waals surface area (Å²) in [6.07, 6.45) is -0.539. The number of piperidine rings is 2. The molecule has 4 aliphatic rings. The molecule has 3 aliphatic heterocycles. The second kappa shape index (κ2) is 8.44. The molecule has 176 valence electrons. The second-order valence-electron chi connectivity index (χ2n) is 9.56. The first-order chi connectivity index (χ1) is 15.3. The lowest BCUT2D eigenvalue weighted by Gasteiger charge is -2.50. The average Bonchev–Trinajstić information content (AvgIpc) is 3.26. The van der Waals surface area contributed by atoms with E-state index in [-0.39, 0.29) is 17.9 Å². The van der Waals surface area contributed by atoms with Crippen LogP contribution in [0.5, 0.6) is 0 Å². The predicted molar refractivity (Wildman–Crippen MR) is 111 cm³/mol. The number of carbonyl (C=O) groups is 1. The number of hydrazine groups is 1. The smallest absolute Gasteiger partial charge is 0.356 e. The Bertz CT molecular complexity index is 844. The van der Waals surface area contributed by atoms with E-state index < -0.39 is 36.8 Å². The molecule has 1 amide bonds. The third-order valence-electron chi connectivity index (χ3n) is 7.69. The molecule has 5 rings (SSSR count). The van der Waals surface area contributed by atoms with Gasteiger partial charge in [0.1, 0.15) is 18.5 Å². The number of rotatable bonds is 3. The first kappa shape index (κ1) is 21.9. The molecule has 10 heteroatoms. The normalized spacial score (nSPS) is 33.9. The van der Waals surface area contributed by atoms with E-state index in [1.807, 2.05) is 12.1 Å². The number of pyridine rings is 1. The Balaban J connectivity index is 1.42. The molecule has 4 heterocycles. The zero-order chi connectivity index (χ0) is 22.5. The van der Waals surface area contributed by atoms with Crippen molar-refractivity contribution in [3.63, 3.8) is 0 Å². The molecule has 1 aromatic heterocycles. The van der Waals surface area contributed by atoms with Crippen molar-refractivity contribution >= 4 is 11.7 Å².